The van der Waals surface area contributed by atoms with E-state index in [1.807, 2.05) is 13.0 Å². The fourth-order valence-electron chi connectivity index (χ4n) is 3.60. The molecule has 0 aromatic heterocycles. The molecule has 3 rings (SSSR count). The number of carbonyl (C=O) groups excluding carboxylic acids is 4. The lowest BCUT2D eigenvalue weighted by molar-refractivity contribution is -0.143. The van der Waals surface area contributed by atoms with Gasteiger partial charge in [0.15, 0.2) is 0 Å². The number of fused-ring (bicyclic) bond motifs is 1. The Morgan fingerprint density at radius 1 is 0.969 bits per heavy atom. The second kappa shape index (κ2) is 10.6. The van der Waals surface area contributed by atoms with Crippen molar-refractivity contribution in [2.75, 3.05) is 7.11 Å². The van der Waals surface area contributed by atoms with Crippen molar-refractivity contribution >= 4 is 23.8 Å². The Hall–Kier alpha value is -3.68. The first-order chi connectivity index (χ1) is 15.5. The van der Waals surface area contributed by atoms with Crippen LogP contribution in [0.5, 0.6) is 0 Å². The predicted octanol–water partition coefficient (Wildman–Crippen LogP) is 3.53. The van der Waals surface area contributed by atoms with Crippen molar-refractivity contribution in [1.82, 2.24) is 15.3 Å². The van der Waals surface area contributed by atoms with Gasteiger partial charge in [-0.1, -0.05) is 68.7 Å². The van der Waals surface area contributed by atoms with Gasteiger partial charge in [-0.3, -0.25) is 9.59 Å². The second-order valence-corrected chi connectivity index (χ2v) is 7.53. The minimum Gasteiger partial charge on any atom is -0.467 e. The summed E-state index contributed by atoms with van der Waals surface area (Å²) in [5.41, 5.74) is 1.19. The molecule has 4 amide bonds. The van der Waals surface area contributed by atoms with E-state index in [-0.39, 0.29) is 17.7 Å². The Kier molecular flexibility index (Phi) is 7.59. The third kappa shape index (κ3) is 4.96. The number of hydrogen-bond acceptors (Lipinski definition) is 5. The highest BCUT2D eigenvalue weighted by Gasteiger charge is 2.42. The smallest absolute Gasteiger partial charge is 0.337 e. The molecule has 1 heterocycles. The summed E-state index contributed by atoms with van der Waals surface area (Å²) >= 11 is 0. The van der Waals surface area contributed by atoms with E-state index in [9.17, 15) is 19.2 Å². The van der Waals surface area contributed by atoms with Crippen LogP contribution in [0.4, 0.5) is 4.79 Å². The summed E-state index contributed by atoms with van der Waals surface area (Å²) in [5.74, 6) is -1.74. The highest BCUT2D eigenvalue weighted by Crippen LogP contribution is 2.25. The van der Waals surface area contributed by atoms with Crippen LogP contribution in [0.3, 0.4) is 0 Å². The van der Waals surface area contributed by atoms with Gasteiger partial charge in [-0.15, -0.1) is 0 Å². The summed E-state index contributed by atoms with van der Waals surface area (Å²) in [5, 5.41) is 4.55. The highest BCUT2D eigenvalue weighted by molar-refractivity contribution is 6.21. The maximum atomic E-state index is 13.3. The van der Waals surface area contributed by atoms with Crippen molar-refractivity contribution in [2.45, 2.75) is 45.2 Å². The Balaban J connectivity index is 1.89. The van der Waals surface area contributed by atoms with Gasteiger partial charge in [0.2, 0.25) is 0 Å². The Labute approximate surface area is 187 Å². The molecule has 1 unspecified atom stereocenters. The number of methoxy groups -OCH3 is 1. The molecular weight excluding hydrogens is 410 g/mol. The van der Waals surface area contributed by atoms with Crippen molar-refractivity contribution in [3.05, 3.63) is 71.3 Å². The van der Waals surface area contributed by atoms with E-state index < -0.39 is 29.9 Å². The van der Waals surface area contributed by atoms with E-state index in [1.54, 1.807) is 48.5 Å². The third-order valence-electron chi connectivity index (χ3n) is 5.30. The van der Waals surface area contributed by atoms with Gasteiger partial charge in [0.1, 0.15) is 6.04 Å². The first kappa shape index (κ1) is 23.0. The van der Waals surface area contributed by atoms with Gasteiger partial charge in [-0.2, -0.15) is 5.01 Å². The van der Waals surface area contributed by atoms with Crippen LogP contribution in [0, 0.1) is 0 Å². The molecule has 0 fully saturated rings. The molecule has 2 aromatic rings. The van der Waals surface area contributed by atoms with Crippen LogP contribution >= 0.6 is 0 Å². The van der Waals surface area contributed by atoms with Crippen LogP contribution in [0.1, 0.15) is 58.9 Å². The summed E-state index contributed by atoms with van der Waals surface area (Å²) in [4.78, 5) is 51.6. The van der Waals surface area contributed by atoms with E-state index in [1.165, 1.54) is 7.11 Å². The lowest BCUT2D eigenvalue weighted by Gasteiger charge is -2.31. The largest absolute Gasteiger partial charge is 0.467 e. The maximum Gasteiger partial charge on any atom is 0.337 e. The van der Waals surface area contributed by atoms with Crippen molar-refractivity contribution in [3.8, 4) is 0 Å². The summed E-state index contributed by atoms with van der Waals surface area (Å²) in [6, 6.07) is 13.8. The molecule has 0 spiro atoms. The predicted molar refractivity (Wildman–Crippen MR) is 117 cm³/mol. The average Bonchev–Trinajstić information content (AvgIpc) is 3.07. The van der Waals surface area contributed by atoms with E-state index in [2.05, 4.69) is 5.32 Å². The van der Waals surface area contributed by atoms with Crippen molar-refractivity contribution in [2.24, 2.45) is 0 Å². The molecule has 1 atom stereocenters. The number of benzene rings is 2. The van der Waals surface area contributed by atoms with Gasteiger partial charge >= 0.3 is 12.0 Å². The molecule has 0 bridgehead atoms. The molecule has 2 aromatic carbocycles. The second-order valence-electron chi connectivity index (χ2n) is 7.53. The zero-order chi connectivity index (χ0) is 23.1. The van der Waals surface area contributed by atoms with Gasteiger partial charge in [0.05, 0.1) is 24.8 Å². The van der Waals surface area contributed by atoms with Crippen LogP contribution in [-0.2, 0) is 16.1 Å². The molecule has 0 saturated heterocycles. The molecule has 1 aliphatic rings. The number of hydrogen-bond donors (Lipinski definition) is 1. The minimum atomic E-state index is -0.882. The first-order valence-electron chi connectivity index (χ1n) is 10.7. The topological polar surface area (TPSA) is 96.0 Å². The van der Waals surface area contributed by atoms with E-state index in [4.69, 9.17) is 4.74 Å². The molecule has 1 N–H and O–H groups in total. The average molecular weight is 437 g/mol. The number of hydrazine groups is 1. The van der Waals surface area contributed by atoms with E-state index in [0.29, 0.717) is 6.42 Å². The van der Waals surface area contributed by atoms with Crippen molar-refractivity contribution in [1.29, 1.82) is 0 Å². The fraction of sp³-hybridized carbons (Fsp3) is 0.333. The maximum absolute atomic E-state index is 13.3. The Bertz CT molecular complexity index is 957. The number of ether oxygens (including phenoxy) is 1. The molecule has 8 heteroatoms. The SMILES string of the molecule is CCCCCC(NC(=O)N(Cc1ccccc1)N1C(=O)c2ccccc2C1=O)C(=O)OC. The molecule has 0 saturated carbocycles. The molecule has 0 aliphatic carbocycles. The number of unbranched alkanes of at least 4 members (excludes halogenated alkanes) is 2. The first-order valence-corrected chi connectivity index (χ1v) is 10.7. The summed E-state index contributed by atoms with van der Waals surface area (Å²) in [7, 11) is 1.26. The minimum absolute atomic E-state index is 0.0268. The lowest BCUT2D eigenvalue weighted by Crippen LogP contribution is -2.56. The number of esters is 1. The van der Waals surface area contributed by atoms with Crippen LogP contribution in [0.2, 0.25) is 0 Å². The van der Waals surface area contributed by atoms with Crippen LogP contribution in [0.15, 0.2) is 54.6 Å². The molecule has 168 valence electrons. The monoisotopic (exact) mass is 437 g/mol. The highest BCUT2D eigenvalue weighted by atomic mass is 16.5. The molecule has 0 radical (unpaired) electrons. The molecule has 1 aliphatic heterocycles. The standard InChI is InChI=1S/C24H27N3O5/c1-3-4-6-15-20(23(30)32-2)25-24(31)26(16-17-11-7-5-8-12-17)27-21(28)18-13-9-10-14-19(18)22(27)29/h5,7-14,20H,3-4,6,15-16H2,1-2H3,(H,25,31). The number of rotatable bonds is 9. The van der Waals surface area contributed by atoms with E-state index in [0.717, 1.165) is 34.8 Å². The number of amides is 4. The molecule has 32 heavy (non-hydrogen) atoms. The summed E-state index contributed by atoms with van der Waals surface area (Å²) in [6.07, 6.45) is 2.97. The van der Waals surface area contributed by atoms with Crippen molar-refractivity contribution in [3.63, 3.8) is 0 Å². The van der Waals surface area contributed by atoms with Crippen molar-refractivity contribution < 1.29 is 23.9 Å². The number of nitrogens with zero attached hydrogens (tertiary/aromatic N) is 2. The normalized spacial score (nSPS) is 13.5. The quantitative estimate of drug-likeness (QED) is 0.368. The van der Waals surface area contributed by atoms with Crippen LogP contribution in [-0.4, -0.2) is 47.0 Å². The number of nitrogens with one attached hydrogen (secondary N) is 1. The Morgan fingerprint density at radius 3 is 2.12 bits per heavy atom. The Morgan fingerprint density at radius 2 is 1.56 bits per heavy atom. The van der Waals surface area contributed by atoms with Gasteiger partial charge in [0, 0.05) is 0 Å². The summed E-state index contributed by atoms with van der Waals surface area (Å²) in [6.45, 7) is 2.01. The molecular formula is C24H27N3O5. The van der Waals surface area contributed by atoms with Gasteiger partial charge in [0.25, 0.3) is 11.8 Å². The van der Waals surface area contributed by atoms with Gasteiger partial charge < -0.3 is 10.1 Å². The van der Waals surface area contributed by atoms with E-state index >= 15 is 0 Å². The zero-order valence-corrected chi connectivity index (χ0v) is 18.2. The lowest BCUT2D eigenvalue weighted by atomic mass is 10.1. The number of imide groups is 1. The fourth-order valence-corrected chi connectivity index (χ4v) is 3.60. The van der Waals surface area contributed by atoms with Gasteiger partial charge in [-0.25, -0.2) is 14.6 Å². The zero-order valence-electron chi connectivity index (χ0n) is 18.2. The molecule has 8 nitrogen and oxygen atoms in total. The van der Waals surface area contributed by atoms with Crippen LogP contribution < -0.4 is 5.32 Å². The van der Waals surface area contributed by atoms with Crippen LogP contribution in [0.25, 0.3) is 0 Å². The number of urea groups is 1. The van der Waals surface area contributed by atoms with Gasteiger partial charge in [-0.05, 0) is 24.1 Å². The summed E-state index contributed by atoms with van der Waals surface area (Å²) < 4.78 is 4.84. The third-order valence-corrected chi connectivity index (χ3v) is 5.30. The number of carbonyl (C=O) groups is 4.